The smallest absolute Gasteiger partial charge is 0.103 e. The van der Waals surface area contributed by atoms with Crippen molar-refractivity contribution in [2.45, 2.75) is 77.3 Å². The molecule has 1 aliphatic rings. The van der Waals surface area contributed by atoms with Gasteiger partial charge in [0.15, 0.2) is 0 Å². The molecule has 3 heteroatoms. The predicted octanol–water partition coefficient (Wildman–Crippen LogP) is 3.56. The van der Waals surface area contributed by atoms with Gasteiger partial charge in [0.1, 0.15) is 5.54 Å². The third-order valence-electron chi connectivity index (χ3n) is 4.83. The van der Waals surface area contributed by atoms with Crippen LogP contribution >= 0.6 is 0 Å². The number of hydrogen-bond acceptors (Lipinski definition) is 3. The molecule has 20 heavy (non-hydrogen) atoms. The second-order valence-corrected chi connectivity index (χ2v) is 6.78. The molecule has 0 amide bonds. The first-order valence-corrected chi connectivity index (χ1v) is 8.39. The largest absolute Gasteiger partial charge is 0.303 e. The van der Waals surface area contributed by atoms with Crippen molar-refractivity contribution in [1.29, 1.82) is 5.26 Å². The Hall–Kier alpha value is -0.590. The van der Waals surface area contributed by atoms with Crippen LogP contribution in [0.4, 0.5) is 0 Å². The SMILES string of the molecule is CCCNC(C)(C#N)CCCN(C)C1CCCCC1C. The molecule has 0 radical (unpaired) electrons. The highest BCUT2D eigenvalue weighted by molar-refractivity contribution is 5.03. The fourth-order valence-electron chi connectivity index (χ4n) is 3.38. The third-order valence-corrected chi connectivity index (χ3v) is 4.83. The van der Waals surface area contributed by atoms with E-state index in [9.17, 15) is 5.26 Å². The average Bonchev–Trinajstić information content (AvgIpc) is 2.45. The van der Waals surface area contributed by atoms with Gasteiger partial charge in [-0.05, 0) is 65.1 Å². The van der Waals surface area contributed by atoms with Crippen molar-refractivity contribution in [2.24, 2.45) is 5.92 Å². The average molecular weight is 279 g/mol. The van der Waals surface area contributed by atoms with Gasteiger partial charge in [-0.1, -0.05) is 26.7 Å². The fourth-order valence-corrected chi connectivity index (χ4v) is 3.38. The van der Waals surface area contributed by atoms with Gasteiger partial charge in [-0.25, -0.2) is 0 Å². The van der Waals surface area contributed by atoms with E-state index in [-0.39, 0.29) is 5.54 Å². The summed E-state index contributed by atoms with van der Waals surface area (Å²) in [6.45, 7) is 8.61. The van der Waals surface area contributed by atoms with E-state index in [2.05, 4.69) is 37.2 Å². The van der Waals surface area contributed by atoms with Crippen LogP contribution in [0.5, 0.6) is 0 Å². The number of nitrogens with zero attached hydrogens (tertiary/aromatic N) is 2. The molecule has 3 unspecified atom stereocenters. The van der Waals surface area contributed by atoms with E-state index >= 15 is 0 Å². The summed E-state index contributed by atoms with van der Waals surface area (Å²) in [5, 5.41) is 12.7. The summed E-state index contributed by atoms with van der Waals surface area (Å²) in [5.41, 5.74) is -0.352. The standard InChI is InChI=1S/C17H33N3/c1-5-12-19-17(3,14-18)11-8-13-20(4)16-10-7-6-9-15(16)2/h15-16,19H,5-13H2,1-4H3. The summed E-state index contributed by atoms with van der Waals surface area (Å²) in [6.07, 6.45) is 8.63. The van der Waals surface area contributed by atoms with Crippen LogP contribution in [-0.2, 0) is 0 Å². The van der Waals surface area contributed by atoms with Crippen molar-refractivity contribution in [1.82, 2.24) is 10.2 Å². The first kappa shape index (κ1) is 17.5. The molecule has 0 aliphatic heterocycles. The van der Waals surface area contributed by atoms with Crippen LogP contribution in [-0.4, -0.2) is 36.6 Å². The van der Waals surface area contributed by atoms with Crippen LogP contribution < -0.4 is 5.32 Å². The Kier molecular flexibility index (Phi) is 7.55. The van der Waals surface area contributed by atoms with E-state index in [4.69, 9.17) is 0 Å². The summed E-state index contributed by atoms with van der Waals surface area (Å²) in [7, 11) is 2.26. The van der Waals surface area contributed by atoms with Gasteiger partial charge >= 0.3 is 0 Å². The van der Waals surface area contributed by atoms with Crippen LogP contribution in [0.3, 0.4) is 0 Å². The van der Waals surface area contributed by atoms with Crippen molar-refractivity contribution in [3.63, 3.8) is 0 Å². The summed E-state index contributed by atoms with van der Waals surface area (Å²) in [5.74, 6) is 0.828. The molecule has 3 atom stereocenters. The normalized spacial score (nSPS) is 26.2. The Bertz CT molecular complexity index is 310. The minimum Gasteiger partial charge on any atom is -0.303 e. The Morgan fingerprint density at radius 1 is 1.35 bits per heavy atom. The molecule has 1 N–H and O–H groups in total. The summed E-state index contributed by atoms with van der Waals surface area (Å²) in [6, 6.07) is 3.20. The molecule has 0 heterocycles. The minimum absolute atomic E-state index is 0.352. The number of nitrogens with one attached hydrogen (secondary N) is 1. The Labute approximate surface area is 125 Å². The molecular formula is C17H33N3. The summed E-state index contributed by atoms with van der Waals surface area (Å²) < 4.78 is 0. The van der Waals surface area contributed by atoms with Crippen LogP contribution in [0.15, 0.2) is 0 Å². The van der Waals surface area contributed by atoms with E-state index in [1.165, 1.54) is 25.7 Å². The lowest BCUT2D eigenvalue weighted by atomic mass is 9.85. The zero-order valence-corrected chi connectivity index (χ0v) is 13.9. The van der Waals surface area contributed by atoms with Crippen LogP contribution in [0.2, 0.25) is 0 Å². The molecule has 1 saturated carbocycles. The van der Waals surface area contributed by atoms with Gasteiger partial charge in [0.25, 0.3) is 0 Å². The topological polar surface area (TPSA) is 39.1 Å². The molecule has 0 aromatic carbocycles. The summed E-state index contributed by atoms with van der Waals surface area (Å²) >= 11 is 0. The van der Waals surface area contributed by atoms with Crippen LogP contribution in [0, 0.1) is 17.2 Å². The molecule has 1 aliphatic carbocycles. The van der Waals surface area contributed by atoms with Gasteiger partial charge in [0.05, 0.1) is 6.07 Å². The molecule has 3 nitrogen and oxygen atoms in total. The van der Waals surface area contributed by atoms with Gasteiger partial charge in [-0.15, -0.1) is 0 Å². The van der Waals surface area contributed by atoms with Crippen molar-refractivity contribution < 1.29 is 0 Å². The zero-order chi connectivity index (χ0) is 15.0. The van der Waals surface area contributed by atoms with Gasteiger partial charge in [-0.2, -0.15) is 5.26 Å². The lowest BCUT2D eigenvalue weighted by Gasteiger charge is -2.36. The molecule has 1 rings (SSSR count). The minimum atomic E-state index is -0.352. The Balaban J connectivity index is 2.33. The van der Waals surface area contributed by atoms with Crippen LogP contribution in [0.1, 0.15) is 65.7 Å². The molecular weight excluding hydrogens is 246 g/mol. The van der Waals surface area contributed by atoms with Crippen molar-refractivity contribution in [3.05, 3.63) is 0 Å². The molecule has 0 spiro atoms. The van der Waals surface area contributed by atoms with E-state index in [0.717, 1.165) is 44.3 Å². The first-order chi connectivity index (χ1) is 9.52. The second kappa shape index (κ2) is 8.64. The highest BCUT2D eigenvalue weighted by Gasteiger charge is 2.26. The van der Waals surface area contributed by atoms with Gasteiger partial charge in [0, 0.05) is 6.04 Å². The molecule has 0 bridgehead atoms. The number of nitriles is 1. The Morgan fingerprint density at radius 3 is 2.65 bits per heavy atom. The predicted molar refractivity (Wildman–Crippen MR) is 85.6 cm³/mol. The van der Waals surface area contributed by atoms with Gasteiger partial charge < -0.3 is 4.90 Å². The monoisotopic (exact) mass is 279 g/mol. The highest BCUT2D eigenvalue weighted by Crippen LogP contribution is 2.27. The van der Waals surface area contributed by atoms with E-state index < -0.39 is 0 Å². The maximum absolute atomic E-state index is 9.34. The number of rotatable bonds is 8. The van der Waals surface area contributed by atoms with Gasteiger partial charge in [-0.3, -0.25) is 5.32 Å². The van der Waals surface area contributed by atoms with Crippen molar-refractivity contribution in [3.8, 4) is 6.07 Å². The van der Waals surface area contributed by atoms with Gasteiger partial charge in [0.2, 0.25) is 0 Å². The first-order valence-electron chi connectivity index (χ1n) is 8.39. The quantitative estimate of drug-likeness (QED) is 0.738. The fraction of sp³-hybridized carbons (Fsp3) is 0.941. The van der Waals surface area contributed by atoms with Crippen molar-refractivity contribution >= 4 is 0 Å². The maximum atomic E-state index is 9.34. The van der Waals surface area contributed by atoms with E-state index in [1.807, 2.05) is 6.92 Å². The summed E-state index contributed by atoms with van der Waals surface area (Å²) in [4.78, 5) is 2.53. The third kappa shape index (κ3) is 5.42. The van der Waals surface area contributed by atoms with Crippen molar-refractivity contribution in [2.75, 3.05) is 20.1 Å². The molecule has 0 aromatic heterocycles. The molecule has 0 aromatic rings. The van der Waals surface area contributed by atoms with E-state index in [1.54, 1.807) is 0 Å². The van der Waals surface area contributed by atoms with Crippen LogP contribution in [0.25, 0.3) is 0 Å². The lowest BCUT2D eigenvalue weighted by Crippen LogP contribution is -2.43. The lowest BCUT2D eigenvalue weighted by molar-refractivity contribution is 0.135. The Morgan fingerprint density at radius 2 is 2.05 bits per heavy atom. The molecule has 0 saturated heterocycles. The highest BCUT2D eigenvalue weighted by atomic mass is 15.1. The molecule has 1 fully saturated rings. The maximum Gasteiger partial charge on any atom is 0.103 e. The second-order valence-electron chi connectivity index (χ2n) is 6.78. The zero-order valence-electron chi connectivity index (χ0n) is 13.9. The molecule has 116 valence electrons. The van der Waals surface area contributed by atoms with E-state index in [0.29, 0.717) is 0 Å². The number of hydrogen-bond donors (Lipinski definition) is 1.